The van der Waals surface area contributed by atoms with Gasteiger partial charge in [-0.3, -0.25) is 4.79 Å². The summed E-state index contributed by atoms with van der Waals surface area (Å²) >= 11 is 1.52. The maximum Gasteiger partial charge on any atom is 0.255 e. The van der Waals surface area contributed by atoms with E-state index >= 15 is 0 Å². The van der Waals surface area contributed by atoms with Crippen LogP contribution in [0.2, 0.25) is 0 Å². The minimum atomic E-state index is -3.72. The van der Waals surface area contributed by atoms with E-state index in [1.807, 2.05) is 0 Å². The first-order chi connectivity index (χ1) is 12.2. The predicted molar refractivity (Wildman–Crippen MR) is 104 cm³/mol. The van der Waals surface area contributed by atoms with Crippen LogP contribution < -0.4 is 5.32 Å². The van der Waals surface area contributed by atoms with Crippen molar-refractivity contribution in [2.24, 2.45) is 0 Å². The molecule has 0 aliphatic heterocycles. The number of nitrogens with one attached hydrogen (secondary N) is 1. The van der Waals surface area contributed by atoms with Crippen LogP contribution in [0.25, 0.3) is 0 Å². The van der Waals surface area contributed by atoms with Crippen LogP contribution in [-0.4, -0.2) is 31.7 Å². The van der Waals surface area contributed by atoms with Gasteiger partial charge in [-0.25, -0.2) is 17.2 Å². The first-order valence-electron chi connectivity index (χ1n) is 7.76. The third-order valence-electron chi connectivity index (χ3n) is 3.68. The fourth-order valence-corrected chi connectivity index (χ4v) is 4.16. The second-order valence-corrected chi connectivity index (χ2v) is 8.34. The Kier molecular flexibility index (Phi) is 6.69. The quantitative estimate of drug-likeness (QED) is 0.490. The highest BCUT2D eigenvalue weighted by molar-refractivity contribution is 14.1. The van der Waals surface area contributed by atoms with Crippen molar-refractivity contribution in [1.82, 2.24) is 4.31 Å². The van der Waals surface area contributed by atoms with Gasteiger partial charge in [0, 0.05) is 24.3 Å². The number of hydrogen-bond acceptors (Lipinski definition) is 3. The van der Waals surface area contributed by atoms with Gasteiger partial charge >= 0.3 is 0 Å². The van der Waals surface area contributed by atoms with Gasteiger partial charge in [-0.05, 0) is 52.9 Å². The van der Waals surface area contributed by atoms with E-state index in [4.69, 9.17) is 0 Å². The van der Waals surface area contributed by atoms with Crippen molar-refractivity contribution in [1.29, 1.82) is 0 Å². The van der Waals surface area contributed by atoms with Gasteiger partial charge in [0.15, 0.2) is 0 Å². The first kappa shape index (κ1) is 20.7. The maximum atomic E-state index is 13.6. The highest BCUT2D eigenvalue weighted by Gasteiger charge is 2.22. The van der Waals surface area contributed by atoms with E-state index < -0.39 is 27.6 Å². The molecule has 0 atom stereocenters. The molecule has 9 heteroatoms. The normalized spacial score (nSPS) is 11.6. The van der Waals surface area contributed by atoms with E-state index in [9.17, 15) is 22.0 Å². The second-order valence-electron chi connectivity index (χ2n) is 5.33. The average Bonchev–Trinajstić information content (AvgIpc) is 2.60. The van der Waals surface area contributed by atoms with E-state index in [0.29, 0.717) is 13.1 Å². The number of amides is 1. The molecule has 0 heterocycles. The molecule has 2 aromatic rings. The fraction of sp³-hybridized carbons (Fsp3) is 0.235. The highest BCUT2D eigenvalue weighted by atomic mass is 127. The maximum absolute atomic E-state index is 13.6. The molecule has 0 aliphatic carbocycles. The minimum Gasteiger partial charge on any atom is -0.322 e. The lowest BCUT2D eigenvalue weighted by Crippen LogP contribution is -2.30. The van der Waals surface area contributed by atoms with E-state index in [2.05, 4.69) is 5.32 Å². The van der Waals surface area contributed by atoms with Gasteiger partial charge in [0.1, 0.15) is 11.6 Å². The number of carbonyl (C=O) groups is 1. The Labute approximate surface area is 164 Å². The van der Waals surface area contributed by atoms with Gasteiger partial charge in [0.25, 0.3) is 5.91 Å². The van der Waals surface area contributed by atoms with E-state index in [1.165, 1.54) is 51.2 Å². The highest BCUT2D eigenvalue weighted by Crippen LogP contribution is 2.22. The standard InChI is InChI=1S/C17H17F2IN2O3S/c1-3-22(4-2)26(24,25)13-7-5-6-11(8-13)17(23)21-12-9-14(18)16(20)15(19)10-12/h5-10H,3-4H2,1-2H3,(H,21,23). The Balaban J connectivity index is 2.31. The topological polar surface area (TPSA) is 66.5 Å². The number of sulfonamides is 1. The fourth-order valence-electron chi connectivity index (χ4n) is 2.34. The van der Waals surface area contributed by atoms with Gasteiger partial charge < -0.3 is 5.32 Å². The summed E-state index contributed by atoms with van der Waals surface area (Å²) in [4.78, 5) is 12.3. The largest absolute Gasteiger partial charge is 0.322 e. The van der Waals surface area contributed by atoms with Gasteiger partial charge in [-0.15, -0.1) is 0 Å². The van der Waals surface area contributed by atoms with Crippen molar-refractivity contribution in [3.05, 3.63) is 57.2 Å². The molecular formula is C17H17F2IN2O3S. The molecule has 140 valence electrons. The van der Waals surface area contributed by atoms with E-state index in [0.717, 1.165) is 12.1 Å². The van der Waals surface area contributed by atoms with Crippen LogP contribution in [0, 0.1) is 15.2 Å². The van der Waals surface area contributed by atoms with Gasteiger partial charge in [-0.1, -0.05) is 19.9 Å². The molecule has 0 fully saturated rings. The monoisotopic (exact) mass is 494 g/mol. The van der Waals surface area contributed by atoms with E-state index in [1.54, 1.807) is 13.8 Å². The third kappa shape index (κ3) is 4.38. The van der Waals surface area contributed by atoms with Crippen molar-refractivity contribution >= 4 is 44.2 Å². The van der Waals surface area contributed by atoms with Crippen LogP contribution in [0.3, 0.4) is 0 Å². The molecule has 26 heavy (non-hydrogen) atoms. The van der Waals surface area contributed by atoms with Crippen molar-refractivity contribution in [3.63, 3.8) is 0 Å². The molecule has 2 aromatic carbocycles. The SMILES string of the molecule is CCN(CC)S(=O)(=O)c1cccc(C(=O)Nc2cc(F)c(I)c(F)c2)c1. The zero-order valence-electron chi connectivity index (χ0n) is 14.1. The summed E-state index contributed by atoms with van der Waals surface area (Å²) in [7, 11) is -3.72. The zero-order valence-corrected chi connectivity index (χ0v) is 17.1. The lowest BCUT2D eigenvalue weighted by atomic mass is 10.2. The van der Waals surface area contributed by atoms with Gasteiger partial charge in [0.2, 0.25) is 10.0 Å². The van der Waals surface area contributed by atoms with Crippen molar-refractivity contribution in [2.45, 2.75) is 18.7 Å². The summed E-state index contributed by atoms with van der Waals surface area (Å²) in [6.07, 6.45) is 0. The molecule has 0 unspecified atom stereocenters. The number of carbonyl (C=O) groups excluding carboxylic acids is 1. The Bertz CT molecular complexity index is 908. The van der Waals surface area contributed by atoms with Crippen LogP contribution >= 0.6 is 22.6 Å². The Morgan fingerprint density at radius 3 is 2.23 bits per heavy atom. The number of halogens is 3. The average molecular weight is 494 g/mol. The molecule has 1 N–H and O–H groups in total. The molecule has 0 radical (unpaired) electrons. The Hall–Kier alpha value is -1.59. The summed E-state index contributed by atoms with van der Waals surface area (Å²) < 4.78 is 53.4. The molecule has 2 rings (SSSR count). The predicted octanol–water partition coefficient (Wildman–Crippen LogP) is 3.85. The van der Waals surface area contributed by atoms with Crippen LogP contribution in [0.1, 0.15) is 24.2 Å². The molecule has 0 saturated carbocycles. The summed E-state index contributed by atoms with van der Waals surface area (Å²) in [6.45, 7) is 4.04. The van der Waals surface area contributed by atoms with Crippen LogP contribution in [0.4, 0.5) is 14.5 Å². The third-order valence-corrected chi connectivity index (χ3v) is 6.76. The second kappa shape index (κ2) is 8.40. The van der Waals surface area contributed by atoms with Crippen molar-refractivity contribution in [3.8, 4) is 0 Å². The lowest BCUT2D eigenvalue weighted by Gasteiger charge is -2.18. The summed E-state index contributed by atoms with van der Waals surface area (Å²) in [6, 6.07) is 7.51. The Morgan fingerprint density at radius 1 is 1.12 bits per heavy atom. The molecule has 0 bridgehead atoms. The van der Waals surface area contributed by atoms with Crippen LogP contribution in [-0.2, 0) is 10.0 Å². The number of nitrogens with zero attached hydrogens (tertiary/aromatic N) is 1. The summed E-state index contributed by atoms with van der Waals surface area (Å²) in [5, 5.41) is 2.37. The molecule has 0 saturated heterocycles. The molecular weight excluding hydrogens is 477 g/mol. The van der Waals surface area contributed by atoms with Gasteiger partial charge in [-0.2, -0.15) is 4.31 Å². The number of anilines is 1. The van der Waals surface area contributed by atoms with Crippen molar-refractivity contribution < 1.29 is 22.0 Å². The zero-order chi connectivity index (χ0) is 19.5. The van der Waals surface area contributed by atoms with Crippen LogP contribution in [0.15, 0.2) is 41.3 Å². The number of hydrogen-bond donors (Lipinski definition) is 1. The lowest BCUT2D eigenvalue weighted by molar-refractivity contribution is 0.102. The minimum absolute atomic E-state index is 0.0196. The van der Waals surface area contributed by atoms with Gasteiger partial charge in [0.05, 0.1) is 8.47 Å². The molecule has 1 amide bonds. The Morgan fingerprint density at radius 2 is 1.69 bits per heavy atom. The molecule has 0 aromatic heterocycles. The number of rotatable bonds is 6. The van der Waals surface area contributed by atoms with E-state index in [-0.39, 0.29) is 19.7 Å². The summed E-state index contributed by atoms with van der Waals surface area (Å²) in [5.74, 6) is -2.25. The van der Waals surface area contributed by atoms with Crippen molar-refractivity contribution in [2.75, 3.05) is 18.4 Å². The summed E-state index contributed by atoms with van der Waals surface area (Å²) in [5.41, 5.74) is 0.0139. The van der Waals surface area contributed by atoms with Crippen LogP contribution in [0.5, 0.6) is 0 Å². The molecule has 0 spiro atoms. The number of benzene rings is 2. The smallest absolute Gasteiger partial charge is 0.255 e. The first-order valence-corrected chi connectivity index (χ1v) is 10.3. The molecule has 0 aliphatic rings. The molecule has 5 nitrogen and oxygen atoms in total.